The van der Waals surface area contributed by atoms with Crippen LogP contribution in [-0.4, -0.2) is 26.0 Å². The van der Waals surface area contributed by atoms with Crippen LogP contribution in [0.25, 0.3) is 0 Å². The van der Waals surface area contributed by atoms with Crippen molar-refractivity contribution in [3.05, 3.63) is 51.8 Å². The van der Waals surface area contributed by atoms with Crippen LogP contribution in [0.3, 0.4) is 0 Å². The summed E-state index contributed by atoms with van der Waals surface area (Å²) in [6, 6.07) is 2.93. The molecule has 2 N–H and O–H groups in total. The van der Waals surface area contributed by atoms with Gasteiger partial charge in [-0.05, 0) is 12.1 Å². The minimum Gasteiger partial charge on any atom is -0.345 e. The van der Waals surface area contributed by atoms with Crippen molar-refractivity contribution in [3.8, 4) is 0 Å². The zero-order valence-electron chi connectivity index (χ0n) is 9.46. The molecule has 0 saturated carbocycles. The van der Waals surface area contributed by atoms with Gasteiger partial charge < -0.3 is 5.32 Å². The highest BCUT2D eigenvalue weighted by atomic mass is 19.1. The number of nitrogens with zero attached hydrogens (tertiary/aromatic N) is 3. The van der Waals surface area contributed by atoms with Crippen molar-refractivity contribution in [2.24, 2.45) is 0 Å². The summed E-state index contributed by atoms with van der Waals surface area (Å²) < 4.78 is 13.3. The zero-order chi connectivity index (χ0) is 13.8. The molecule has 0 saturated heterocycles. The first kappa shape index (κ1) is 12.6. The van der Waals surface area contributed by atoms with Crippen LogP contribution in [0.2, 0.25) is 0 Å². The molecule has 0 aliphatic rings. The molecule has 0 unspecified atom stereocenters. The highest BCUT2D eigenvalue weighted by Gasteiger charge is 2.16. The molecule has 0 spiro atoms. The lowest BCUT2D eigenvalue weighted by Gasteiger charge is -2.03. The molecule has 0 aliphatic carbocycles. The van der Waals surface area contributed by atoms with Gasteiger partial charge in [-0.15, -0.1) is 0 Å². The van der Waals surface area contributed by atoms with E-state index in [1.54, 1.807) is 0 Å². The molecule has 0 atom stereocenters. The van der Waals surface area contributed by atoms with Gasteiger partial charge in [0, 0.05) is 11.6 Å². The predicted octanol–water partition coefficient (Wildman–Crippen LogP) is 0.782. The fourth-order valence-corrected chi connectivity index (χ4v) is 1.38. The normalized spacial score (nSPS) is 10.2. The lowest BCUT2D eigenvalue weighted by Crippen LogP contribution is -2.23. The van der Waals surface area contributed by atoms with E-state index in [0.717, 1.165) is 12.1 Å². The summed E-state index contributed by atoms with van der Waals surface area (Å²) in [5.41, 5.74) is -0.686. The Hall–Kier alpha value is -2.84. The van der Waals surface area contributed by atoms with Gasteiger partial charge in [0.25, 0.3) is 5.91 Å². The molecule has 9 heteroatoms. The maximum Gasteiger partial charge on any atom is 0.304 e. The second kappa shape index (κ2) is 5.21. The van der Waals surface area contributed by atoms with Crippen molar-refractivity contribution >= 4 is 11.6 Å². The monoisotopic (exact) mass is 265 g/mol. The number of rotatable bonds is 4. The van der Waals surface area contributed by atoms with Crippen molar-refractivity contribution in [3.63, 3.8) is 0 Å². The number of aromatic nitrogens is 3. The third-order valence-corrected chi connectivity index (χ3v) is 2.29. The Balaban J connectivity index is 2.07. The second-order valence-electron chi connectivity index (χ2n) is 3.54. The minimum atomic E-state index is -1.06. The van der Waals surface area contributed by atoms with Crippen LogP contribution in [0.15, 0.2) is 24.5 Å². The van der Waals surface area contributed by atoms with Crippen molar-refractivity contribution in [1.82, 2.24) is 20.5 Å². The van der Waals surface area contributed by atoms with E-state index in [9.17, 15) is 19.3 Å². The number of hydrogen-bond acceptors (Lipinski definition) is 5. The molecule has 2 aromatic rings. The van der Waals surface area contributed by atoms with Gasteiger partial charge in [-0.25, -0.2) is 4.98 Å². The Labute approximate surface area is 105 Å². The summed E-state index contributed by atoms with van der Waals surface area (Å²) in [6.07, 6.45) is 1.28. The van der Waals surface area contributed by atoms with Crippen molar-refractivity contribution in [2.45, 2.75) is 6.54 Å². The number of hydrogen-bond donors (Lipinski definition) is 2. The minimum absolute atomic E-state index is 0.0115. The average Bonchev–Trinajstić information content (AvgIpc) is 2.88. The van der Waals surface area contributed by atoms with Gasteiger partial charge in [0.1, 0.15) is 12.2 Å². The quantitative estimate of drug-likeness (QED) is 0.626. The standard InChI is InChI=1S/C10H8FN5O3/c11-7-3-6(1-2-8(7)16(18)19)10(17)12-4-9-13-5-14-15-9/h1-3,5H,4H2,(H,12,17)(H,13,14,15). The molecule has 1 heterocycles. The summed E-state index contributed by atoms with van der Waals surface area (Å²) in [5, 5.41) is 19.0. The van der Waals surface area contributed by atoms with E-state index in [1.165, 1.54) is 12.4 Å². The molecule has 0 radical (unpaired) electrons. The number of benzene rings is 1. The summed E-state index contributed by atoms with van der Waals surface area (Å²) in [5.74, 6) is -1.18. The summed E-state index contributed by atoms with van der Waals surface area (Å²) in [7, 11) is 0. The fourth-order valence-electron chi connectivity index (χ4n) is 1.38. The Kier molecular flexibility index (Phi) is 3.46. The molecule has 19 heavy (non-hydrogen) atoms. The Morgan fingerprint density at radius 2 is 2.32 bits per heavy atom. The number of aromatic amines is 1. The number of carbonyl (C=O) groups is 1. The van der Waals surface area contributed by atoms with Crippen LogP contribution in [0.1, 0.15) is 16.2 Å². The van der Waals surface area contributed by atoms with Crippen molar-refractivity contribution in [2.75, 3.05) is 0 Å². The number of nitro groups is 1. The lowest BCUT2D eigenvalue weighted by molar-refractivity contribution is -0.387. The molecule has 0 bridgehead atoms. The molecule has 8 nitrogen and oxygen atoms in total. The Morgan fingerprint density at radius 3 is 2.89 bits per heavy atom. The molecule has 0 fully saturated rings. The van der Waals surface area contributed by atoms with Gasteiger partial charge in [-0.2, -0.15) is 9.49 Å². The molecule has 1 aromatic carbocycles. The van der Waals surface area contributed by atoms with Crippen LogP contribution in [-0.2, 0) is 6.54 Å². The van der Waals surface area contributed by atoms with E-state index >= 15 is 0 Å². The van der Waals surface area contributed by atoms with Crippen molar-refractivity contribution in [1.29, 1.82) is 0 Å². The highest BCUT2D eigenvalue weighted by molar-refractivity contribution is 5.94. The smallest absolute Gasteiger partial charge is 0.304 e. The van der Waals surface area contributed by atoms with E-state index in [-0.39, 0.29) is 12.1 Å². The number of nitro benzene ring substituents is 1. The molecule has 1 aromatic heterocycles. The van der Waals surface area contributed by atoms with Gasteiger partial charge in [-0.1, -0.05) is 0 Å². The third-order valence-electron chi connectivity index (χ3n) is 2.29. The number of H-pyrrole nitrogens is 1. The summed E-state index contributed by atoms with van der Waals surface area (Å²) >= 11 is 0. The van der Waals surface area contributed by atoms with E-state index in [2.05, 4.69) is 20.5 Å². The lowest BCUT2D eigenvalue weighted by atomic mass is 10.2. The SMILES string of the molecule is O=C(NCc1ncn[nH]1)c1ccc([N+](=O)[O-])c(F)c1. The highest BCUT2D eigenvalue weighted by Crippen LogP contribution is 2.17. The summed E-state index contributed by atoms with van der Waals surface area (Å²) in [6.45, 7) is 0.0947. The largest absolute Gasteiger partial charge is 0.345 e. The summed E-state index contributed by atoms with van der Waals surface area (Å²) in [4.78, 5) is 25.0. The second-order valence-corrected chi connectivity index (χ2v) is 3.54. The van der Waals surface area contributed by atoms with Crippen LogP contribution in [0.5, 0.6) is 0 Å². The molecule has 2 rings (SSSR count). The van der Waals surface area contributed by atoms with Gasteiger partial charge >= 0.3 is 5.69 Å². The van der Waals surface area contributed by atoms with Crippen molar-refractivity contribution < 1.29 is 14.1 Å². The topological polar surface area (TPSA) is 114 Å². The first-order valence-corrected chi connectivity index (χ1v) is 5.14. The van der Waals surface area contributed by atoms with E-state index < -0.39 is 22.3 Å². The molecular formula is C10H8FN5O3. The van der Waals surface area contributed by atoms with Gasteiger partial charge in [0.05, 0.1) is 11.5 Å². The maximum atomic E-state index is 13.3. The first-order chi connectivity index (χ1) is 9.08. The first-order valence-electron chi connectivity index (χ1n) is 5.14. The molecular weight excluding hydrogens is 257 g/mol. The fraction of sp³-hybridized carbons (Fsp3) is 0.100. The van der Waals surface area contributed by atoms with Gasteiger partial charge in [0.2, 0.25) is 5.82 Å². The number of carbonyl (C=O) groups excluding carboxylic acids is 1. The molecule has 98 valence electrons. The van der Waals surface area contributed by atoms with Crippen LogP contribution >= 0.6 is 0 Å². The number of nitrogens with one attached hydrogen (secondary N) is 2. The van der Waals surface area contributed by atoms with Crippen LogP contribution < -0.4 is 5.32 Å². The third kappa shape index (κ3) is 2.89. The van der Waals surface area contributed by atoms with E-state index in [1.807, 2.05) is 0 Å². The Bertz CT molecular complexity index is 614. The van der Waals surface area contributed by atoms with Gasteiger partial charge in [0.15, 0.2) is 0 Å². The maximum absolute atomic E-state index is 13.3. The van der Waals surface area contributed by atoms with Crippen LogP contribution in [0, 0.1) is 15.9 Å². The van der Waals surface area contributed by atoms with Gasteiger partial charge in [-0.3, -0.25) is 20.0 Å². The number of amides is 1. The average molecular weight is 265 g/mol. The van der Waals surface area contributed by atoms with Crippen LogP contribution in [0.4, 0.5) is 10.1 Å². The Morgan fingerprint density at radius 1 is 1.53 bits per heavy atom. The molecule has 0 aliphatic heterocycles. The van der Waals surface area contributed by atoms with E-state index in [0.29, 0.717) is 5.82 Å². The zero-order valence-corrected chi connectivity index (χ0v) is 9.46. The van der Waals surface area contributed by atoms with E-state index in [4.69, 9.17) is 0 Å². The predicted molar refractivity (Wildman–Crippen MR) is 60.6 cm³/mol. The number of halogens is 1. The molecule has 1 amide bonds.